The lowest BCUT2D eigenvalue weighted by molar-refractivity contribution is -0.124. The van der Waals surface area contributed by atoms with Gasteiger partial charge in [-0.2, -0.15) is 0 Å². The van der Waals surface area contributed by atoms with Crippen LogP contribution in [0.25, 0.3) is 0 Å². The van der Waals surface area contributed by atoms with Crippen molar-refractivity contribution in [2.75, 3.05) is 18.5 Å². The molecule has 18 heavy (non-hydrogen) atoms. The van der Waals surface area contributed by atoms with Gasteiger partial charge in [0.15, 0.2) is 0 Å². The summed E-state index contributed by atoms with van der Waals surface area (Å²) < 4.78 is 31.1. The Balaban J connectivity index is 2.10. The predicted molar refractivity (Wildman–Crippen MR) is 62.0 cm³/mol. The molecule has 0 aliphatic carbocycles. The van der Waals surface area contributed by atoms with Gasteiger partial charge in [0.1, 0.15) is 17.2 Å². The van der Waals surface area contributed by atoms with Crippen molar-refractivity contribution in [3.8, 4) is 0 Å². The predicted octanol–water partition coefficient (Wildman–Crippen LogP) is 1.41. The molecule has 1 aliphatic rings. The molecule has 0 atom stereocenters. The van der Waals surface area contributed by atoms with Crippen molar-refractivity contribution in [2.24, 2.45) is 5.73 Å². The minimum absolute atomic E-state index is 0.0637. The second-order valence-electron chi connectivity index (χ2n) is 4.38. The van der Waals surface area contributed by atoms with Gasteiger partial charge < -0.3 is 15.8 Å². The maximum absolute atomic E-state index is 13.0. The smallest absolute Gasteiger partial charge is 0.244 e. The van der Waals surface area contributed by atoms with Gasteiger partial charge in [0.05, 0.1) is 0 Å². The zero-order valence-electron chi connectivity index (χ0n) is 9.71. The number of hydrogen-bond acceptors (Lipinski definition) is 3. The Morgan fingerprint density at radius 2 is 1.78 bits per heavy atom. The molecule has 1 amide bonds. The van der Waals surface area contributed by atoms with Crippen LogP contribution in [-0.2, 0) is 9.53 Å². The first-order chi connectivity index (χ1) is 8.49. The zero-order chi connectivity index (χ0) is 13.2. The summed E-state index contributed by atoms with van der Waals surface area (Å²) in [5.74, 6) is -1.94. The third kappa shape index (κ3) is 2.83. The summed E-state index contributed by atoms with van der Waals surface area (Å²) in [7, 11) is 0. The minimum atomic E-state index is -1.04. The average Bonchev–Trinajstić information content (AvgIpc) is 2.28. The molecule has 0 spiro atoms. The standard InChI is InChI=1S/C12H14F2N2O2/c13-8-5-9(14)7-10(6-8)16-11(17)12(15)1-3-18-4-2-12/h5-7H,1-4,15H2,(H,16,17). The molecule has 1 aromatic carbocycles. The summed E-state index contributed by atoms with van der Waals surface area (Å²) in [6, 6.07) is 2.83. The van der Waals surface area contributed by atoms with Gasteiger partial charge in [-0.25, -0.2) is 8.78 Å². The second kappa shape index (κ2) is 4.99. The minimum Gasteiger partial charge on any atom is -0.381 e. The van der Waals surface area contributed by atoms with E-state index in [1.54, 1.807) is 0 Å². The SMILES string of the molecule is NC1(C(=O)Nc2cc(F)cc(F)c2)CCOCC1. The van der Waals surface area contributed by atoms with Crippen molar-refractivity contribution in [1.29, 1.82) is 0 Å². The maximum Gasteiger partial charge on any atom is 0.244 e. The molecule has 1 aromatic rings. The van der Waals surface area contributed by atoms with Gasteiger partial charge in [0, 0.05) is 25.0 Å². The third-order valence-corrected chi connectivity index (χ3v) is 2.96. The van der Waals surface area contributed by atoms with Gasteiger partial charge in [-0.1, -0.05) is 0 Å². The largest absolute Gasteiger partial charge is 0.381 e. The summed E-state index contributed by atoms with van der Waals surface area (Å²) in [5, 5.41) is 2.43. The number of nitrogens with one attached hydrogen (secondary N) is 1. The van der Waals surface area contributed by atoms with Gasteiger partial charge in [-0.15, -0.1) is 0 Å². The quantitative estimate of drug-likeness (QED) is 0.841. The molecule has 1 heterocycles. The van der Waals surface area contributed by atoms with E-state index >= 15 is 0 Å². The Hall–Kier alpha value is -1.53. The van der Waals surface area contributed by atoms with Gasteiger partial charge in [-0.3, -0.25) is 4.79 Å². The number of carbonyl (C=O) groups is 1. The number of amides is 1. The molecular weight excluding hydrogens is 242 g/mol. The summed E-state index contributed by atoms with van der Waals surface area (Å²) in [6.07, 6.45) is 0.771. The van der Waals surface area contributed by atoms with Crippen LogP contribution in [0.3, 0.4) is 0 Å². The molecule has 0 saturated carbocycles. The van der Waals surface area contributed by atoms with E-state index in [9.17, 15) is 13.6 Å². The summed E-state index contributed by atoms with van der Waals surface area (Å²) in [6.45, 7) is 0.808. The van der Waals surface area contributed by atoms with Crippen molar-refractivity contribution in [2.45, 2.75) is 18.4 Å². The van der Waals surface area contributed by atoms with Gasteiger partial charge >= 0.3 is 0 Å². The Morgan fingerprint density at radius 3 is 2.33 bits per heavy atom. The van der Waals surface area contributed by atoms with Crippen LogP contribution in [0.2, 0.25) is 0 Å². The van der Waals surface area contributed by atoms with Crippen molar-refractivity contribution >= 4 is 11.6 Å². The highest BCUT2D eigenvalue weighted by Gasteiger charge is 2.35. The number of anilines is 1. The summed E-state index contributed by atoms with van der Waals surface area (Å²) >= 11 is 0. The fourth-order valence-corrected chi connectivity index (χ4v) is 1.84. The maximum atomic E-state index is 13.0. The number of nitrogens with two attached hydrogens (primary N) is 1. The Bertz CT molecular complexity index is 439. The van der Waals surface area contributed by atoms with Crippen LogP contribution in [0.1, 0.15) is 12.8 Å². The third-order valence-electron chi connectivity index (χ3n) is 2.96. The summed E-state index contributed by atoms with van der Waals surface area (Å²) in [4.78, 5) is 12.0. The van der Waals surface area contributed by atoms with Crippen LogP contribution >= 0.6 is 0 Å². The molecule has 98 valence electrons. The Labute approximate surface area is 103 Å². The lowest BCUT2D eigenvalue weighted by atomic mass is 9.90. The highest BCUT2D eigenvalue weighted by Crippen LogP contribution is 2.21. The number of rotatable bonds is 2. The highest BCUT2D eigenvalue weighted by molar-refractivity contribution is 5.98. The Kier molecular flexibility index (Phi) is 3.58. The fraction of sp³-hybridized carbons (Fsp3) is 0.417. The topological polar surface area (TPSA) is 64.4 Å². The van der Waals surface area contributed by atoms with Crippen molar-refractivity contribution < 1.29 is 18.3 Å². The number of benzene rings is 1. The van der Waals surface area contributed by atoms with E-state index in [0.717, 1.165) is 18.2 Å². The van der Waals surface area contributed by atoms with Gasteiger partial charge in [0.25, 0.3) is 0 Å². The first-order valence-electron chi connectivity index (χ1n) is 5.64. The Morgan fingerprint density at radius 1 is 1.22 bits per heavy atom. The normalized spacial score (nSPS) is 18.4. The van der Waals surface area contributed by atoms with Gasteiger partial charge in [0.2, 0.25) is 5.91 Å². The average molecular weight is 256 g/mol. The molecule has 1 aliphatic heterocycles. The number of ether oxygens (including phenoxy) is 1. The first-order valence-corrected chi connectivity index (χ1v) is 5.64. The molecule has 6 heteroatoms. The van der Waals surface area contributed by atoms with Crippen LogP contribution in [0.5, 0.6) is 0 Å². The second-order valence-corrected chi connectivity index (χ2v) is 4.38. The monoisotopic (exact) mass is 256 g/mol. The van der Waals surface area contributed by atoms with E-state index in [0.29, 0.717) is 26.1 Å². The number of halogens is 2. The molecule has 1 fully saturated rings. The molecule has 0 radical (unpaired) electrons. The molecule has 3 N–H and O–H groups in total. The zero-order valence-corrected chi connectivity index (χ0v) is 9.71. The van der Waals surface area contributed by atoms with Gasteiger partial charge in [-0.05, 0) is 25.0 Å². The lowest BCUT2D eigenvalue weighted by Gasteiger charge is -2.31. The summed E-state index contributed by atoms with van der Waals surface area (Å²) in [5.41, 5.74) is 4.97. The molecule has 4 nitrogen and oxygen atoms in total. The molecule has 0 aromatic heterocycles. The molecule has 2 rings (SSSR count). The first kappa shape index (κ1) is 12.9. The fourth-order valence-electron chi connectivity index (χ4n) is 1.84. The number of hydrogen-bond donors (Lipinski definition) is 2. The lowest BCUT2D eigenvalue weighted by Crippen LogP contribution is -2.54. The van der Waals surface area contributed by atoms with E-state index in [4.69, 9.17) is 10.5 Å². The highest BCUT2D eigenvalue weighted by atomic mass is 19.1. The van der Waals surface area contributed by atoms with Crippen molar-refractivity contribution in [1.82, 2.24) is 0 Å². The van der Waals surface area contributed by atoms with E-state index in [1.165, 1.54) is 0 Å². The van der Waals surface area contributed by atoms with E-state index < -0.39 is 23.1 Å². The van der Waals surface area contributed by atoms with Crippen LogP contribution in [0.4, 0.5) is 14.5 Å². The molecule has 0 bridgehead atoms. The number of carbonyl (C=O) groups excluding carboxylic acids is 1. The molecule has 1 saturated heterocycles. The van der Waals surface area contributed by atoms with Crippen molar-refractivity contribution in [3.05, 3.63) is 29.8 Å². The molecule has 0 unspecified atom stereocenters. The van der Waals surface area contributed by atoms with Crippen LogP contribution in [0.15, 0.2) is 18.2 Å². The van der Waals surface area contributed by atoms with Crippen LogP contribution in [-0.4, -0.2) is 24.7 Å². The van der Waals surface area contributed by atoms with Crippen molar-refractivity contribution in [3.63, 3.8) is 0 Å². The van der Waals surface area contributed by atoms with Crippen LogP contribution < -0.4 is 11.1 Å². The van der Waals surface area contributed by atoms with Crippen LogP contribution in [0, 0.1) is 11.6 Å². The molecular formula is C12H14F2N2O2. The van der Waals surface area contributed by atoms with E-state index in [2.05, 4.69) is 5.32 Å². The van der Waals surface area contributed by atoms with E-state index in [-0.39, 0.29) is 5.69 Å². The van der Waals surface area contributed by atoms with E-state index in [1.807, 2.05) is 0 Å².